The summed E-state index contributed by atoms with van der Waals surface area (Å²) in [5.74, 6) is -1.93. The van der Waals surface area contributed by atoms with E-state index in [9.17, 15) is 14.0 Å². The fraction of sp³-hybridized carbons (Fsp3) is 0.273. The van der Waals surface area contributed by atoms with Gasteiger partial charge in [-0.15, -0.1) is 11.8 Å². The second-order valence-electron chi connectivity index (χ2n) is 3.40. The van der Waals surface area contributed by atoms with E-state index in [-0.39, 0.29) is 12.1 Å². The number of carboxylic acids is 1. The van der Waals surface area contributed by atoms with E-state index in [2.05, 4.69) is 0 Å². The van der Waals surface area contributed by atoms with Crippen LogP contribution in [0, 0.1) is 5.82 Å². The lowest BCUT2D eigenvalue weighted by molar-refractivity contribution is -0.137. The van der Waals surface area contributed by atoms with E-state index in [1.165, 1.54) is 37.0 Å². The summed E-state index contributed by atoms with van der Waals surface area (Å²) in [7, 11) is 1.39. The quantitative estimate of drug-likeness (QED) is 0.834. The van der Waals surface area contributed by atoms with Gasteiger partial charge < -0.3 is 10.0 Å². The van der Waals surface area contributed by atoms with Crippen LogP contribution >= 0.6 is 11.8 Å². The summed E-state index contributed by atoms with van der Waals surface area (Å²) >= 11 is 1.19. The van der Waals surface area contributed by atoms with E-state index in [4.69, 9.17) is 5.11 Å². The molecule has 1 amide bonds. The molecule has 92 valence electrons. The largest absolute Gasteiger partial charge is 0.480 e. The molecule has 0 atom stereocenters. The van der Waals surface area contributed by atoms with Gasteiger partial charge in [0.1, 0.15) is 12.4 Å². The van der Waals surface area contributed by atoms with Gasteiger partial charge >= 0.3 is 5.97 Å². The Morgan fingerprint density at radius 3 is 2.65 bits per heavy atom. The van der Waals surface area contributed by atoms with E-state index in [0.717, 1.165) is 4.90 Å². The van der Waals surface area contributed by atoms with Crippen molar-refractivity contribution in [1.82, 2.24) is 4.90 Å². The molecule has 1 rings (SSSR count). The van der Waals surface area contributed by atoms with Crippen LogP contribution in [0.15, 0.2) is 23.1 Å². The Kier molecular flexibility index (Phi) is 4.51. The van der Waals surface area contributed by atoms with E-state index < -0.39 is 17.7 Å². The third-order valence-electron chi connectivity index (χ3n) is 2.12. The Morgan fingerprint density at radius 2 is 2.12 bits per heavy atom. The molecule has 0 heterocycles. The summed E-state index contributed by atoms with van der Waals surface area (Å²) in [6, 6.07) is 3.96. The van der Waals surface area contributed by atoms with E-state index in [0.29, 0.717) is 4.90 Å². The molecule has 17 heavy (non-hydrogen) atoms. The van der Waals surface area contributed by atoms with Gasteiger partial charge in [-0.2, -0.15) is 0 Å². The van der Waals surface area contributed by atoms with E-state index in [1.54, 1.807) is 6.26 Å². The molecule has 6 heteroatoms. The minimum absolute atomic E-state index is 0.277. The van der Waals surface area contributed by atoms with Crippen LogP contribution in [0.1, 0.15) is 10.4 Å². The standard InChI is InChI=1S/C11H12FNO3S/c1-13(6-10(14)15)11(16)7-3-4-8(12)9(5-7)17-2/h3-5H,6H2,1-2H3,(H,14,15). The fourth-order valence-corrected chi connectivity index (χ4v) is 1.80. The minimum Gasteiger partial charge on any atom is -0.480 e. The molecule has 0 aliphatic heterocycles. The monoisotopic (exact) mass is 257 g/mol. The van der Waals surface area contributed by atoms with Gasteiger partial charge in [0.05, 0.1) is 0 Å². The van der Waals surface area contributed by atoms with Crippen molar-refractivity contribution in [1.29, 1.82) is 0 Å². The average molecular weight is 257 g/mol. The van der Waals surface area contributed by atoms with Gasteiger partial charge in [0.25, 0.3) is 5.91 Å². The normalized spacial score (nSPS) is 10.1. The molecule has 1 aromatic carbocycles. The van der Waals surface area contributed by atoms with Gasteiger partial charge in [0.15, 0.2) is 0 Å². The Balaban J connectivity index is 2.92. The van der Waals surface area contributed by atoms with Gasteiger partial charge in [0, 0.05) is 17.5 Å². The van der Waals surface area contributed by atoms with Crippen molar-refractivity contribution in [3.05, 3.63) is 29.6 Å². The lowest BCUT2D eigenvalue weighted by Crippen LogP contribution is -2.31. The highest BCUT2D eigenvalue weighted by Gasteiger charge is 2.15. The molecular formula is C11H12FNO3S. The number of carbonyl (C=O) groups is 2. The predicted molar refractivity (Wildman–Crippen MR) is 62.8 cm³/mol. The maximum Gasteiger partial charge on any atom is 0.323 e. The number of nitrogens with zero attached hydrogens (tertiary/aromatic N) is 1. The van der Waals surface area contributed by atoms with Crippen LogP contribution in [0.2, 0.25) is 0 Å². The summed E-state index contributed by atoms with van der Waals surface area (Å²) in [5.41, 5.74) is 0.277. The number of carbonyl (C=O) groups excluding carboxylic acids is 1. The van der Waals surface area contributed by atoms with Crippen LogP contribution in [0.4, 0.5) is 4.39 Å². The van der Waals surface area contributed by atoms with Crippen molar-refractivity contribution in [3.8, 4) is 0 Å². The van der Waals surface area contributed by atoms with Crippen molar-refractivity contribution in [2.45, 2.75) is 4.90 Å². The number of aliphatic carboxylic acids is 1. The molecule has 0 radical (unpaired) electrons. The molecule has 0 aliphatic rings. The van der Waals surface area contributed by atoms with Crippen LogP contribution in [-0.4, -0.2) is 41.7 Å². The maximum absolute atomic E-state index is 13.2. The molecule has 1 N–H and O–H groups in total. The summed E-state index contributed by atoms with van der Waals surface area (Å²) in [5, 5.41) is 8.57. The average Bonchev–Trinajstić information content (AvgIpc) is 2.27. The molecule has 0 fully saturated rings. The van der Waals surface area contributed by atoms with Crippen LogP contribution in [0.3, 0.4) is 0 Å². The third-order valence-corrected chi connectivity index (χ3v) is 2.87. The van der Waals surface area contributed by atoms with E-state index in [1.807, 2.05) is 0 Å². The van der Waals surface area contributed by atoms with Crippen LogP contribution in [0.25, 0.3) is 0 Å². The molecule has 0 unspecified atom stereocenters. The van der Waals surface area contributed by atoms with Crippen molar-refractivity contribution >= 4 is 23.6 Å². The number of hydrogen-bond acceptors (Lipinski definition) is 3. The van der Waals surface area contributed by atoms with Gasteiger partial charge in [-0.1, -0.05) is 0 Å². The number of thioether (sulfide) groups is 1. The summed E-state index contributed by atoms with van der Waals surface area (Å²) in [6.07, 6.45) is 1.70. The van der Waals surface area contributed by atoms with Crippen LogP contribution < -0.4 is 0 Å². The van der Waals surface area contributed by atoms with Gasteiger partial charge in [-0.05, 0) is 24.5 Å². The lowest BCUT2D eigenvalue weighted by Gasteiger charge is -2.14. The topological polar surface area (TPSA) is 57.6 Å². The smallest absolute Gasteiger partial charge is 0.323 e. The Hall–Kier alpha value is -1.56. The summed E-state index contributed by atoms with van der Waals surface area (Å²) in [6.45, 7) is -0.384. The summed E-state index contributed by atoms with van der Waals surface area (Å²) in [4.78, 5) is 23.7. The second-order valence-corrected chi connectivity index (χ2v) is 4.25. The first-order chi connectivity index (χ1) is 7.95. The van der Waals surface area contributed by atoms with Crippen molar-refractivity contribution in [3.63, 3.8) is 0 Å². The number of halogens is 1. The van der Waals surface area contributed by atoms with E-state index >= 15 is 0 Å². The third kappa shape index (κ3) is 3.45. The second kappa shape index (κ2) is 5.67. The SMILES string of the molecule is CSc1cc(C(=O)N(C)CC(=O)O)ccc1F. The van der Waals surface area contributed by atoms with Crippen molar-refractivity contribution < 1.29 is 19.1 Å². The molecule has 1 aromatic rings. The molecule has 0 bridgehead atoms. The number of carboxylic acid groups (broad SMARTS) is 1. The van der Waals surface area contributed by atoms with Gasteiger partial charge in [0.2, 0.25) is 0 Å². The molecule has 0 aromatic heterocycles. The highest BCUT2D eigenvalue weighted by atomic mass is 32.2. The highest BCUT2D eigenvalue weighted by Crippen LogP contribution is 2.21. The Morgan fingerprint density at radius 1 is 1.47 bits per heavy atom. The lowest BCUT2D eigenvalue weighted by atomic mass is 10.2. The zero-order chi connectivity index (χ0) is 13.0. The zero-order valence-electron chi connectivity index (χ0n) is 9.44. The number of hydrogen-bond donors (Lipinski definition) is 1. The molecule has 0 saturated heterocycles. The fourth-order valence-electron chi connectivity index (χ4n) is 1.29. The number of likely N-dealkylation sites (N-methyl/N-ethyl adjacent to an activating group) is 1. The first-order valence-corrected chi connectivity index (χ1v) is 5.99. The molecular weight excluding hydrogens is 245 g/mol. The first-order valence-electron chi connectivity index (χ1n) is 4.76. The van der Waals surface area contributed by atoms with Gasteiger partial charge in [-0.25, -0.2) is 4.39 Å². The molecule has 0 saturated carbocycles. The number of benzene rings is 1. The zero-order valence-corrected chi connectivity index (χ0v) is 10.3. The van der Waals surface area contributed by atoms with Gasteiger partial charge in [-0.3, -0.25) is 9.59 Å². The summed E-state index contributed by atoms with van der Waals surface area (Å²) < 4.78 is 13.2. The number of amides is 1. The Bertz CT molecular complexity index is 450. The molecule has 4 nitrogen and oxygen atoms in total. The molecule has 0 aliphatic carbocycles. The van der Waals surface area contributed by atoms with Crippen LogP contribution in [0.5, 0.6) is 0 Å². The number of rotatable bonds is 4. The van der Waals surface area contributed by atoms with Crippen LogP contribution in [-0.2, 0) is 4.79 Å². The first kappa shape index (κ1) is 13.5. The highest BCUT2D eigenvalue weighted by molar-refractivity contribution is 7.98. The predicted octanol–water partition coefficient (Wildman–Crippen LogP) is 1.70. The molecule has 0 spiro atoms. The Labute approximate surface area is 102 Å². The van der Waals surface area contributed by atoms with Crippen molar-refractivity contribution in [2.24, 2.45) is 0 Å². The van der Waals surface area contributed by atoms with Crippen molar-refractivity contribution in [2.75, 3.05) is 19.8 Å². The maximum atomic E-state index is 13.2. The minimum atomic E-state index is -1.09.